The highest BCUT2D eigenvalue weighted by molar-refractivity contribution is 7.99. The Labute approximate surface area is 87.9 Å². The van der Waals surface area contributed by atoms with Crippen LogP contribution < -0.4 is 11.1 Å². The summed E-state index contributed by atoms with van der Waals surface area (Å²) in [6.45, 7) is 0.790. The van der Waals surface area contributed by atoms with Gasteiger partial charge in [0.1, 0.15) is 0 Å². The molecule has 14 heavy (non-hydrogen) atoms. The predicted molar refractivity (Wildman–Crippen MR) is 56.1 cm³/mol. The fraction of sp³-hybridized carbons (Fsp3) is 0.889. The number of amides is 1. The predicted octanol–water partition coefficient (Wildman–Crippen LogP) is -0.420. The van der Waals surface area contributed by atoms with Gasteiger partial charge in [-0.15, -0.1) is 0 Å². The first-order valence-electron chi connectivity index (χ1n) is 4.89. The van der Waals surface area contributed by atoms with Crippen LogP contribution in [0.3, 0.4) is 0 Å². The molecule has 1 saturated carbocycles. The molecule has 80 valence electrons. The van der Waals surface area contributed by atoms with Crippen LogP contribution in [0.15, 0.2) is 0 Å². The molecule has 1 amide bonds. The van der Waals surface area contributed by atoms with E-state index < -0.39 is 0 Å². The van der Waals surface area contributed by atoms with E-state index in [2.05, 4.69) is 5.32 Å². The highest BCUT2D eigenvalue weighted by atomic mass is 32.2. The average molecular weight is 216 g/mol. The molecule has 3 N–H and O–H groups in total. The van der Waals surface area contributed by atoms with Crippen LogP contribution >= 0.6 is 11.8 Å². The molecule has 5 heteroatoms. The quantitative estimate of drug-likeness (QED) is 0.672. The lowest BCUT2D eigenvalue weighted by Crippen LogP contribution is -2.69. The van der Waals surface area contributed by atoms with Gasteiger partial charge in [0.2, 0.25) is 5.91 Å². The Morgan fingerprint density at radius 2 is 2.50 bits per heavy atom. The Morgan fingerprint density at radius 3 is 3.21 bits per heavy atom. The van der Waals surface area contributed by atoms with E-state index in [9.17, 15) is 4.79 Å². The maximum absolute atomic E-state index is 11.3. The van der Waals surface area contributed by atoms with Crippen LogP contribution in [-0.4, -0.2) is 42.7 Å². The van der Waals surface area contributed by atoms with Gasteiger partial charge in [-0.3, -0.25) is 4.79 Å². The number of thioether (sulfide) groups is 1. The van der Waals surface area contributed by atoms with Crippen LogP contribution in [0.1, 0.15) is 6.42 Å². The Kier molecular flexibility index (Phi) is 2.99. The van der Waals surface area contributed by atoms with Crippen molar-refractivity contribution in [3.63, 3.8) is 0 Å². The molecule has 0 bridgehead atoms. The maximum atomic E-state index is 11.3. The molecule has 0 radical (unpaired) electrons. The molecule has 2 rings (SSSR count). The van der Waals surface area contributed by atoms with Gasteiger partial charge in [0.05, 0.1) is 17.9 Å². The third-order valence-electron chi connectivity index (χ3n) is 3.05. The first kappa shape index (κ1) is 10.3. The highest BCUT2D eigenvalue weighted by Gasteiger charge is 2.52. The third-order valence-corrected chi connectivity index (χ3v) is 3.60. The lowest BCUT2D eigenvalue weighted by molar-refractivity contribution is -0.123. The number of hydrogen-bond donors (Lipinski definition) is 2. The van der Waals surface area contributed by atoms with Gasteiger partial charge in [0, 0.05) is 18.6 Å². The van der Waals surface area contributed by atoms with Gasteiger partial charge >= 0.3 is 0 Å². The summed E-state index contributed by atoms with van der Waals surface area (Å²) in [6.07, 6.45) is 3.13. The van der Waals surface area contributed by atoms with Gasteiger partial charge in [-0.25, -0.2) is 0 Å². The van der Waals surface area contributed by atoms with E-state index in [0.717, 1.165) is 13.0 Å². The zero-order valence-electron chi connectivity index (χ0n) is 8.23. The van der Waals surface area contributed by atoms with Crippen LogP contribution in [0.2, 0.25) is 0 Å². The SMILES string of the molecule is CSCC(=O)NC1C(N)C2CCOC21. The maximum Gasteiger partial charge on any atom is 0.230 e. The monoisotopic (exact) mass is 216 g/mol. The van der Waals surface area contributed by atoms with Crippen LogP contribution in [-0.2, 0) is 9.53 Å². The van der Waals surface area contributed by atoms with E-state index in [4.69, 9.17) is 10.5 Å². The molecule has 4 nitrogen and oxygen atoms in total. The number of carbonyl (C=O) groups is 1. The van der Waals surface area contributed by atoms with Crippen molar-refractivity contribution in [2.24, 2.45) is 11.7 Å². The Bertz CT molecular complexity index is 237. The highest BCUT2D eigenvalue weighted by Crippen LogP contribution is 2.37. The normalized spacial score (nSPS) is 40.1. The smallest absolute Gasteiger partial charge is 0.230 e. The van der Waals surface area contributed by atoms with Crippen molar-refractivity contribution in [1.82, 2.24) is 5.32 Å². The minimum Gasteiger partial charge on any atom is -0.376 e. The van der Waals surface area contributed by atoms with E-state index in [1.54, 1.807) is 0 Å². The van der Waals surface area contributed by atoms with Gasteiger partial charge in [-0.2, -0.15) is 11.8 Å². The van der Waals surface area contributed by atoms with E-state index in [1.165, 1.54) is 11.8 Å². The first-order chi connectivity index (χ1) is 6.74. The fourth-order valence-corrected chi connectivity index (χ4v) is 2.63. The van der Waals surface area contributed by atoms with E-state index in [1.807, 2.05) is 6.26 Å². The summed E-state index contributed by atoms with van der Waals surface area (Å²) in [7, 11) is 0. The van der Waals surface area contributed by atoms with Gasteiger partial charge < -0.3 is 15.8 Å². The van der Waals surface area contributed by atoms with Gasteiger partial charge in [-0.1, -0.05) is 0 Å². The van der Waals surface area contributed by atoms with Gasteiger partial charge in [0.25, 0.3) is 0 Å². The summed E-state index contributed by atoms with van der Waals surface area (Å²) in [6, 6.07) is 0.135. The molecule has 4 atom stereocenters. The van der Waals surface area contributed by atoms with E-state index in [0.29, 0.717) is 11.7 Å². The molecule has 1 heterocycles. The van der Waals surface area contributed by atoms with Crippen LogP contribution in [0, 0.1) is 5.92 Å². The van der Waals surface area contributed by atoms with Crippen molar-refractivity contribution in [3.05, 3.63) is 0 Å². The molecule has 4 unspecified atom stereocenters. The molecule has 0 aromatic carbocycles. The van der Waals surface area contributed by atoms with Crippen LogP contribution in [0.5, 0.6) is 0 Å². The molecule has 1 saturated heterocycles. The Balaban J connectivity index is 1.84. The Morgan fingerprint density at radius 1 is 1.71 bits per heavy atom. The molecule has 1 aliphatic carbocycles. The van der Waals surface area contributed by atoms with Crippen molar-refractivity contribution >= 4 is 17.7 Å². The minimum absolute atomic E-state index is 0.0437. The van der Waals surface area contributed by atoms with E-state index in [-0.39, 0.29) is 24.1 Å². The third kappa shape index (κ3) is 1.64. The Hall–Kier alpha value is -0.260. The summed E-state index contributed by atoms with van der Waals surface area (Å²) in [4.78, 5) is 11.3. The number of fused-ring (bicyclic) bond motifs is 1. The molecule has 0 aromatic rings. The molecular weight excluding hydrogens is 200 g/mol. The van der Waals surface area contributed by atoms with Crippen molar-refractivity contribution < 1.29 is 9.53 Å². The van der Waals surface area contributed by atoms with Crippen molar-refractivity contribution in [2.45, 2.75) is 24.6 Å². The lowest BCUT2D eigenvalue weighted by atomic mass is 9.72. The summed E-state index contributed by atoms with van der Waals surface area (Å²) in [5.41, 5.74) is 5.95. The van der Waals surface area contributed by atoms with Crippen molar-refractivity contribution in [1.29, 1.82) is 0 Å². The number of ether oxygens (including phenoxy) is 1. The topological polar surface area (TPSA) is 64.4 Å². The van der Waals surface area contributed by atoms with Crippen LogP contribution in [0.4, 0.5) is 0 Å². The first-order valence-corrected chi connectivity index (χ1v) is 6.29. The number of nitrogens with one attached hydrogen (secondary N) is 1. The number of hydrogen-bond acceptors (Lipinski definition) is 4. The molecule has 2 fully saturated rings. The molecular formula is C9H16N2O2S. The summed E-state index contributed by atoms with van der Waals surface area (Å²) in [5.74, 6) is 1.03. The molecule has 0 aromatic heterocycles. The van der Waals surface area contributed by atoms with Crippen LogP contribution in [0.25, 0.3) is 0 Å². The molecule has 0 spiro atoms. The fourth-order valence-electron chi connectivity index (χ4n) is 2.29. The second kappa shape index (κ2) is 4.08. The molecule has 1 aliphatic heterocycles. The molecule has 2 aliphatic rings. The van der Waals surface area contributed by atoms with E-state index >= 15 is 0 Å². The summed E-state index contributed by atoms with van der Waals surface area (Å²) >= 11 is 1.52. The number of rotatable bonds is 3. The standard InChI is InChI=1S/C9H16N2O2S/c1-14-4-6(12)11-8-7(10)5-2-3-13-9(5)8/h5,7-9H,2-4,10H2,1H3,(H,11,12). The van der Waals surface area contributed by atoms with Gasteiger partial charge in [-0.05, 0) is 12.7 Å². The second-order valence-electron chi connectivity index (χ2n) is 3.89. The lowest BCUT2D eigenvalue weighted by Gasteiger charge is -2.45. The zero-order chi connectivity index (χ0) is 10.1. The largest absolute Gasteiger partial charge is 0.376 e. The number of carbonyl (C=O) groups excluding carboxylic acids is 1. The minimum atomic E-state index is 0.0437. The van der Waals surface area contributed by atoms with Crippen molar-refractivity contribution in [2.75, 3.05) is 18.6 Å². The summed E-state index contributed by atoms with van der Waals surface area (Å²) < 4.78 is 5.51. The van der Waals surface area contributed by atoms with Gasteiger partial charge in [0.15, 0.2) is 0 Å². The number of nitrogens with two attached hydrogens (primary N) is 1. The summed E-state index contributed by atoms with van der Waals surface area (Å²) in [5, 5.41) is 2.93. The van der Waals surface area contributed by atoms with Crippen molar-refractivity contribution in [3.8, 4) is 0 Å². The average Bonchev–Trinajstić information content (AvgIpc) is 2.59. The second-order valence-corrected chi connectivity index (χ2v) is 4.76. The zero-order valence-corrected chi connectivity index (χ0v) is 9.05.